The van der Waals surface area contributed by atoms with Crippen molar-refractivity contribution >= 4 is 0 Å². The molecule has 1 aliphatic heterocycles. The van der Waals surface area contributed by atoms with Gasteiger partial charge in [-0.2, -0.15) is 0 Å². The van der Waals surface area contributed by atoms with E-state index in [4.69, 9.17) is 4.74 Å². The Morgan fingerprint density at radius 3 is 3.04 bits per heavy atom. The van der Waals surface area contributed by atoms with Crippen LogP contribution in [-0.2, 0) is 17.8 Å². The van der Waals surface area contributed by atoms with E-state index in [1.54, 1.807) is 0 Å². The summed E-state index contributed by atoms with van der Waals surface area (Å²) >= 11 is 0. The van der Waals surface area contributed by atoms with Crippen molar-refractivity contribution in [3.05, 3.63) is 47.3 Å². The number of ether oxygens (including phenoxy) is 1. The summed E-state index contributed by atoms with van der Waals surface area (Å²) in [5.74, 6) is -0.628. The van der Waals surface area contributed by atoms with Crippen molar-refractivity contribution in [2.45, 2.75) is 32.5 Å². The second kappa shape index (κ2) is 7.14. The van der Waals surface area contributed by atoms with Crippen LogP contribution < -0.4 is 5.32 Å². The van der Waals surface area contributed by atoms with Gasteiger partial charge in [-0.05, 0) is 19.4 Å². The molecule has 0 amide bonds. The van der Waals surface area contributed by atoms with E-state index >= 15 is 0 Å². The summed E-state index contributed by atoms with van der Waals surface area (Å²) in [7, 11) is 0. The fourth-order valence-corrected chi connectivity index (χ4v) is 2.72. The molecule has 1 N–H and O–H groups in total. The number of benzene rings is 1. The van der Waals surface area contributed by atoms with Crippen molar-refractivity contribution in [3.63, 3.8) is 0 Å². The Morgan fingerprint density at radius 1 is 1.43 bits per heavy atom. The number of halogens is 2. The van der Waals surface area contributed by atoms with Gasteiger partial charge in [-0.1, -0.05) is 11.3 Å². The Labute approximate surface area is 133 Å². The van der Waals surface area contributed by atoms with Crippen LogP contribution in [0.5, 0.6) is 0 Å². The van der Waals surface area contributed by atoms with Gasteiger partial charge in [0.05, 0.1) is 12.3 Å². The molecule has 0 spiro atoms. The SMILES string of the molecule is C[C@@H](NCc1cn(CC2CCOC2)nn1)c1ccc(F)cc1F. The zero-order chi connectivity index (χ0) is 16.2. The number of rotatable bonds is 6. The van der Waals surface area contributed by atoms with Crippen molar-refractivity contribution in [1.29, 1.82) is 0 Å². The van der Waals surface area contributed by atoms with Crippen LogP contribution in [0.1, 0.15) is 30.6 Å². The Balaban J connectivity index is 1.54. The average molecular weight is 322 g/mol. The predicted molar refractivity (Wildman–Crippen MR) is 80.6 cm³/mol. The molecule has 5 nitrogen and oxygen atoms in total. The van der Waals surface area contributed by atoms with Crippen molar-refractivity contribution in [1.82, 2.24) is 20.3 Å². The van der Waals surface area contributed by atoms with Gasteiger partial charge in [0.1, 0.15) is 11.6 Å². The van der Waals surface area contributed by atoms with Gasteiger partial charge in [0.15, 0.2) is 0 Å². The molecular weight excluding hydrogens is 302 g/mol. The van der Waals surface area contributed by atoms with Crippen LogP contribution in [0.2, 0.25) is 0 Å². The van der Waals surface area contributed by atoms with E-state index in [9.17, 15) is 8.78 Å². The average Bonchev–Trinajstić information content (AvgIpc) is 3.17. The zero-order valence-corrected chi connectivity index (χ0v) is 13.0. The van der Waals surface area contributed by atoms with Gasteiger partial charge in [-0.3, -0.25) is 4.68 Å². The molecule has 1 aromatic carbocycles. The summed E-state index contributed by atoms with van der Waals surface area (Å²) in [6.07, 6.45) is 2.94. The second-order valence-corrected chi connectivity index (χ2v) is 5.93. The van der Waals surface area contributed by atoms with Crippen LogP contribution in [-0.4, -0.2) is 28.2 Å². The van der Waals surface area contributed by atoms with Gasteiger partial charge in [0.2, 0.25) is 0 Å². The van der Waals surface area contributed by atoms with Crippen molar-refractivity contribution in [2.75, 3.05) is 13.2 Å². The molecule has 2 heterocycles. The summed E-state index contributed by atoms with van der Waals surface area (Å²) in [6, 6.07) is 3.37. The summed E-state index contributed by atoms with van der Waals surface area (Å²) in [5, 5.41) is 11.4. The minimum absolute atomic E-state index is 0.246. The van der Waals surface area contributed by atoms with Crippen LogP contribution >= 0.6 is 0 Å². The Bertz CT molecular complexity index is 655. The quantitative estimate of drug-likeness (QED) is 0.887. The maximum absolute atomic E-state index is 13.7. The van der Waals surface area contributed by atoms with Gasteiger partial charge < -0.3 is 10.1 Å². The zero-order valence-electron chi connectivity index (χ0n) is 13.0. The molecular formula is C16H20F2N4O. The molecule has 0 aliphatic carbocycles. The van der Waals surface area contributed by atoms with E-state index in [0.29, 0.717) is 18.0 Å². The topological polar surface area (TPSA) is 52.0 Å². The smallest absolute Gasteiger partial charge is 0.130 e. The van der Waals surface area contributed by atoms with Crippen LogP contribution in [0.15, 0.2) is 24.4 Å². The van der Waals surface area contributed by atoms with Gasteiger partial charge >= 0.3 is 0 Å². The highest BCUT2D eigenvalue weighted by Gasteiger charge is 2.17. The van der Waals surface area contributed by atoms with Crippen molar-refractivity contribution < 1.29 is 13.5 Å². The summed E-state index contributed by atoms with van der Waals surface area (Å²) < 4.78 is 33.8. The lowest BCUT2D eigenvalue weighted by molar-refractivity contribution is 0.181. The van der Waals surface area contributed by atoms with Crippen LogP contribution in [0, 0.1) is 17.6 Å². The van der Waals surface area contributed by atoms with E-state index in [1.807, 2.05) is 17.8 Å². The second-order valence-electron chi connectivity index (χ2n) is 5.93. The van der Waals surface area contributed by atoms with Crippen LogP contribution in [0.4, 0.5) is 8.78 Å². The maximum Gasteiger partial charge on any atom is 0.130 e. The number of aromatic nitrogens is 3. The number of nitrogens with zero attached hydrogens (tertiary/aromatic N) is 3. The first kappa shape index (κ1) is 16.0. The number of nitrogens with one attached hydrogen (secondary N) is 1. The van der Waals surface area contributed by atoms with Crippen molar-refractivity contribution in [3.8, 4) is 0 Å². The first-order valence-corrected chi connectivity index (χ1v) is 7.77. The number of hydrogen-bond acceptors (Lipinski definition) is 4. The lowest BCUT2D eigenvalue weighted by atomic mass is 10.1. The van der Waals surface area contributed by atoms with E-state index in [2.05, 4.69) is 15.6 Å². The molecule has 2 atom stereocenters. The van der Waals surface area contributed by atoms with Gasteiger partial charge in [0.25, 0.3) is 0 Å². The lowest BCUT2D eigenvalue weighted by Gasteiger charge is -2.14. The Kier molecular flexibility index (Phi) is 4.97. The minimum atomic E-state index is -0.572. The third-order valence-corrected chi connectivity index (χ3v) is 4.07. The first-order chi connectivity index (χ1) is 11.1. The maximum atomic E-state index is 13.7. The molecule has 0 saturated carbocycles. The van der Waals surface area contributed by atoms with E-state index in [1.165, 1.54) is 12.1 Å². The third kappa shape index (κ3) is 4.11. The molecule has 124 valence electrons. The van der Waals surface area contributed by atoms with Gasteiger partial charge in [-0.25, -0.2) is 8.78 Å². The Hall–Kier alpha value is -1.86. The van der Waals surface area contributed by atoms with E-state index in [0.717, 1.165) is 37.9 Å². The highest BCUT2D eigenvalue weighted by atomic mass is 19.1. The van der Waals surface area contributed by atoms with Gasteiger partial charge in [0, 0.05) is 49.5 Å². The monoisotopic (exact) mass is 322 g/mol. The highest BCUT2D eigenvalue weighted by Crippen LogP contribution is 2.18. The molecule has 2 aromatic rings. The fraction of sp³-hybridized carbons (Fsp3) is 0.500. The van der Waals surface area contributed by atoms with Gasteiger partial charge in [-0.15, -0.1) is 5.10 Å². The molecule has 3 rings (SSSR count). The largest absolute Gasteiger partial charge is 0.381 e. The normalized spacial score (nSPS) is 19.2. The molecule has 1 aromatic heterocycles. The predicted octanol–water partition coefficient (Wildman–Crippen LogP) is 2.44. The molecule has 1 fully saturated rings. The summed E-state index contributed by atoms with van der Waals surface area (Å²) in [6.45, 7) is 4.69. The Morgan fingerprint density at radius 2 is 2.30 bits per heavy atom. The van der Waals surface area contributed by atoms with Crippen LogP contribution in [0.3, 0.4) is 0 Å². The molecule has 1 saturated heterocycles. The lowest BCUT2D eigenvalue weighted by Crippen LogP contribution is -2.19. The molecule has 0 radical (unpaired) electrons. The molecule has 23 heavy (non-hydrogen) atoms. The highest BCUT2D eigenvalue weighted by molar-refractivity contribution is 5.21. The standard InChI is InChI=1S/C16H20F2N4O/c1-11(15-3-2-13(17)6-16(15)18)19-7-14-9-22(21-20-14)8-12-4-5-23-10-12/h2-3,6,9,11-12,19H,4-5,7-8,10H2,1H3/t11-,12?/m1/s1. The van der Waals surface area contributed by atoms with E-state index in [-0.39, 0.29) is 6.04 Å². The van der Waals surface area contributed by atoms with E-state index < -0.39 is 11.6 Å². The van der Waals surface area contributed by atoms with Crippen molar-refractivity contribution in [2.24, 2.45) is 5.92 Å². The third-order valence-electron chi connectivity index (χ3n) is 4.07. The first-order valence-electron chi connectivity index (χ1n) is 7.77. The fourth-order valence-electron chi connectivity index (χ4n) is 2.72. The van der Waals surface area contributed by atoms with Crippen LogP contribution in [0.25, 0.3) is 0 Å². The molecule has 0 bridgehead atoms. The molecule has 7 heteroatoms. The minimum Gasteiger partial charge on any atom is -0.381 e. The molecule has 1 unspecified atom stereocenters. The summed E-state index contributed by atoms with van der Waals surface area (Å²) in [4.78, 5) is 0. The molecule has 1 aliphatic rings. The summed E-state index contributed by atoms with van der Waals surface area (Å²) in [5.41, 5.74) is 1.22. The number of hydrogen-bond donors (Lipinski definition) is 1.